The highest BCUT2D eigenvalue weighted by Crippen LogP contribution is 2.26. The van der Waals surface area contributed by atoms with Crippen molar-refractivity contribution in [3.63, 3.8) is 0 Å². The summed E-state index contributed by atoms with van der Waals surface area (Å²) in [6.07, 6.45) is 5.33. The molecule has 0 radical (unpaired) electrons. The number of likely N-dealkylation sites (tertiary alicyclic amines) is 1. The summed E-state index contributed by atoms with van der Waals surface area (Å²) in [6.45, 7) is 12.6. The third kappa shape index (κ3) is 5.42. The molecule has 1 unspecified atom stereocenters. The highest BCUT2D eigenvalue weighted by molar-refractivity contribution is 14.1. The van der Waals surface area contributed by atoms with Crippen LogP contribution in [0.5, 0.6) is 0 Å². The lowest BCUT2D eigenvalue weighted by Crippen LogP contribution is -2.49. The Bertz CT molecular complexity index is 389. The van der Waals surface area contributed by atoms with E-state index < -0.39 is 8.32 Å². The first-order valence-electron chi connectivity index (χ1n) is 9.26. The Morgan fingerprint density at radius 1 is 1.13 bits per heavy atom. The molecule has 134 valence electrons. The molecule has 0 spiro atoms. The van der Waals surface area contributed by atoms with Gasteiger partial charge in [-0.3, -0.25) is 0 Å². The van der Waals surface area contributed by atoms with Crippen LogP contribution >= 0.6 is 22.6 Å². The second-order valence-electron chi connectivity index (χ2n) is 7.01. The number of hydrogen-bond acceptors (Lipinski definition) is 4. The van der Waals surface area contributed by atoms with Crippen LogP contribution in [0, 0.1) is 0 Å². The van der Waals surface area contributed by atoms with Crippen LogP contribution in [0.2, 0.25) is 18.1 Å². The van der Waals surface area contributed by atoms with E-state index in [1.54, 1.807) is 0 Å². The molecule has 2 aliphatic heterocycles. The molecule has 2 rings (SSSR count). The van der Waals surface area contributed by atoms with Gasteiger partial charge < -0.3 is 14.3 Å². The summed E-state index contributed by atoms with van der Waals surface area (Å²) in [5, 5.41) is 4.68. The van der Waals surface area contributed by atoms with E-state index in [1.165, 1.54) is 47.6 Å². The molecule has 2 heterocycles. The summed E-state index contributed by atoms with van der Waals surface area (Å²) >= 11 is 2.44. The van der Waals surface area contributed by atoms with Gasteiger partial charge in [0.05, 0.1) is 19.2 Å². The molecule has 0 aromatic heterocycles. The van der Waals surface area contributed by atoms with Gasteiger partial charge in [0.2, 0.25) is 0 Å². The van der Waals surface area contributed by atoms with E-state index in [0.717, 1.165) is 19.6 Å². The van der Waals surface area contributed by atoms with Crippen LogP contribution in [0.25, 0.3) is 0 Å². The average Bonchev–Trinajstić information content (AvgIpc) is 3.15. The zero-order chi connectivity index (χ0) is 16.9. The standard InChI is InChI=1S/C17H34IN3OSi/c1-5-23(6-2,7-3)22-17(14-20-10-8-9-11-20)15-21-13-16(18)12-19(21)4/h13,17H,5-12,14-15H2,1-4H3. The number of halogens is 1. The van der Waals surface area contributed by atoms with Gasteiger partial charge in [-0.25, -0.2) is 5.01 Å². The molecule has 2 aliphatic rings. The lowest BCUT2D eigenvalue weighted by atomic mass is 10.3. The molecule has 1 fully saturated rings. The molecular formula is C17H34IN3OSi. The normalized spacial score (nSPS) is 22.0. The molecule has 0 N–H and O–H groups in total. The maximum absolute atomic E-state index is 6.89. The Hall–Kier alpha value is 0.367. The van der Waals surface area contributed by atoms with Crippen molar-refractivity contribution in [2.75, 3.05) is 39.8 Å². The fourth-order valence-corrected chi connectivity index (χ4v) is 7.42. The molecule has 23 heavy (non-hydrogen) atoms. The molecule has 4 nitrogen and oxygen atoms in total. The van der Waals surface area contributed by atoms with Crippen LogP contribution in [0.3, 0.4) is 0 Å². The molecular weight excluding hydrogens is 417 g/mol. The predicted octanol–water partition coefficient (Wildman–Crippen LogP) is 3.91. The minimum atomic E-state index is -1.56. The molecule has 0 saturated carbocycles. The van der Waals surface area contributed by atoms with Crippen molar-refractivity contribution < 1.29 is 4.43 Å². The van der Waals surface area contributed by atoms with Crippen LogP contribution in [0.1, 0.15) is 33.6 Å². The Balaban J connectivity index is 2.04. The van der Waals surface area contributed by atoms with Gasteiger partial charge >= 0.3 is 0 Å². The van der Waals surface area contributed by atoms with E-state index in [9.17, 15) is 0 Å². The van der Waals surface area contributed by atoms with Crippen LogP contribution in [0.4, 0.5) is 0 Å². The van der Waals surface area contributed by atoms with Gasteiger partial charge in [0.25, 0.3) is 0 Å². The van der Waals surface area contributed by atoms with E-state index in [1.807, 2.05) is 0 Å². The second kappa shape index (κ2) is 9.17. The minimum Gasteiger partial charge on any atom is -0.411 e. The molecule has 0 aliphatic carbocycles. The van der Waals surface area contributed by atoms with Crippen LogP contribution in [-0.4, -0.2) is 69.1 Å². The topological polar surface area (TPSA) is 19.0 Å². The number of likely N-dealkylation sites (N-methyl/N-ethyl adjacent to an activating group) is 1. The summed E-state index contributed by atoms with van der Waals surface area (Å²) in [6, 6.07) is 3.71. The fourth-order valence-electron chi connectivity index (χ4n) is 3.75. The smallest absolute Gasteiger partial charge is 0.192 e. The maximum atomic E-state index is 6.89. The molecule has 0 amide bonds. The van der Waals surface area contributed by atoms with Crippen LogP contribution < -0.4 is 0 Å². The van der Waals surface area contributed by atoms with Gasteiger partial charge in [0, 0.05) is 23.4 Å². The van der Waals surface area contributed by atoms with Gasteiger partial charge in [-0.05, 0) is 66.7 Å². The van der Waals surface area contributed by atoms with Gasteiger partial charge in [-0.15, -0.1) is 0 Å². The third-order valence-corrected chi connectivity index (χ3v) is 10.8. The highest BCUT2D eigenvalue weighted by Gasteiger charge is 2.34. The van der Waals surface area contributed by atoms with Gasteiger partial charge in [-0.1, -0.05) is 20.8 Å². The summed E-state index contributed by atoms with van der Waals surface area (Å²) < 4.78 is 8.30. The van der Waals surface area contributed by atoms with E-state index in [-0.39, 0.29) is 0 Å². The molecule has 6 heteroatoms. The first kappa shape index (κ1) is 19.7. The lowest BCUT2D eigenvalue weighted by Gasteiger charge is -2.38. The van der Waals surface area contributed by atoms with Crippen LogP contribution in [-0.2, 0) is 4.43 Å². The van der Waals surface area contributed by atoms with E-state index in [2.05, 4.69) is 71.5 Å². The first-order valence-corrected chi connectivity index (χ1v) is 12.9. The van der Waals surface area contributed by atoms with Gasteiger partial charge in [0.1, 0.15) is 0 Å². The van der Waals surface area contributed by atoms with Crippen molar-refractivity contribution in [2.45, 2.75) is 57.8 Å². The molecule has 0 aromatic rings. The van der Waals surface area contributed by atoms with E-state index in [0.29, 0.717) is 6.10 Å². The van der Waals surface area contributed by atoms with Crippen molar-refractivity contribution in [2.24, 2.45) is 0 Å². The zero-order valence-electron chi connectivity index (χ0n) is 15.4. The third-order valence-electron chi connectivity index (χ3n) is 5.51. The minimum absolute atomic E-state index is 0.334. The van der Waals surface area contributed by atoms with Gasteiger partial charge in [-0.2, -0.15) is 0 Å². The Kier molecular flexibility index (Phi) is 7.85. The summed E-state index contributed by atoms with van der Waals surface area (Å²) in [7, 11) is 0.622. The number of nitrogens with zero attached hydrogens (tertiary/aromatic N) is 3. The quantitative estimate of drug-likeness (QED) is 0.391. The Morgan fingerprint density at radius 3 is 2.22 bits per heavy atom. The monoisotopic (exact) mass is 451 g/mol. The van der Waals surface area contributed by atoms with E-state index >= 15 is 0 Å². The van der Waals surface area contributed by atoms with Crippen molar-refractivity contribution in [3.05, 3.63) is 9.78 Å². The van der Waals surface area contributed by atoms with E-state index in [4.69, 9.17) is 4.43 Å². The maximum Gasteiger partial charge on any atom is 0.192 e. The van der Waals surface area contributed by atoms with Crippen molar-refractivity contribution in [1.29, 1.82) is 0 Å². The number of rotatable bonds is 9. The fraction of sp³-hybridized carbons (Fsp3) is 0.882. The predicted molar refractivity (Wildman–Crippen MR) is 109 cm³/mol. The lowest BCUT2D eigenvalue weighted by molar-refractivity contribution is 0.0231. The summed E-state index contributed by atoms with van der Waals surface area (Å²) in [5.74, 6) is 0. The van der Waals surface area contributed by atoms with Crippen molar-refractivity contribution in [1.82, 2.24) is 14.9 Å². The van der Waals surface area contributed by atoms with Crippen LogP contribution in [0.15, 0.2) is 9.78 Å². The van der Waals surface area contributed by atoms with Gasteiger partial charge in [0.15, 0.2) is 8.32 Å². The molecule has 1 saturated heterocycles. The average molecular weight is 451 g/mol. The summed E-state index contributed by atoms with van der Waals surface area (Å²) in [5.41, 5.74) is 0. The first-order chi connectivity index (χ1) is 11.0. The summed E-state index contributed by atoms with van der Waals surface area (Å²) in [4.78, 5) is 2.61. The molecule has 1 atom stereocenters. The second-order valence-corrected chi connectivity index (χ2v) is 13.1. The number of hydrogen-bond donors (Lipinski definition) is 0. The Morgan fingerprint density at radius 2 is 1.74 bits per heavy atom. The zero-order valence-corrected chi connectivity index (χ0v) is 18.5. The van der Waals surface area contributed by atoms with Crippen molar-refractivity contribution in [3.8, 4) is 0 Å². The molecule has 0 bridgehead atoms. The SMILES string of the molecule is CC[Si](CC)(CC)OC(CN1CCCC1)CN1C=C(I)CN1C. The Labute approximate surface area is 157 Å². The van der Waals surface area contributed by atoms with Crippen molar-refractivity contribution >= 4 is 30.9 Å². The number of hydrazine groups is 1. The largest absolute Gasteiger partial charge is 0.411 e. The molecule has 0 aromatic carbocycles. The highest BCUT2D eigenvalue weighted by atomic mass is 127.